The topological polar surface area (TPSA) is 42.7 Å². The molecule has 0 amide bonds. The molecule has 0 spiro atoms. The van der Waals surface area contributed by atoms with Crippen LogP contribution in [0.2, 0.25) is 0 Å². The first kappa shape index (κ1) is 16.0. The highest BCUT2D eigenvalue weighted by Gasteiger charge is 2.39. The summed E-state index contributed by atoms with van der Waals surface area (Å²) in [5.41, 5.74) is 3.89. The SMILES string of the molecule is Cn1nc(-c2ccc(F)cc2)cc1C1(c2ccccn2)CCNCC1. The average Bonchev–Trinajstić information content (AvgIpc) is 3.06. The summed E-state index contributed by atoms with van der Waals surface area (Å²) >= 11 is 0. The Kier molecular flexibility index (Phi) is 4.09. The lowest BCUT2D eigenvalue weighted by molar-refractivity contribution is 0.336. The van der Waals surface area contributed by atoms with Crippen molar-refractivity contribution in [1.82, 2.24) is 20.1 Å². The van der Waals surface area contributed by atoms with E-state index >= 15 is 0 Å². The fraction of sp³-hybridized carbons (Fsp3) is 0.300. The van der Waals surface area contributed by atoms with E-state index in [-0.39, 0.29) is 11.2 Å². The molecule has 5 heteroatoms. The predicted octanol–water partition coefficient (Wildman–Crippen LogP) is 3.29. The highest BCUT2D eigenvalue weighted by Crippen LogP contribution is 2.40. The fourth-order valence-electron chi connectivity index (χ4n) is 3.82. The van der Waals surface area contributed by atoms with Gasteiger partial charge in [0.15, 0.2) is 0 Å². The molecule has 0 unspecified atom stereocenters. The van der Waals surface area contributed by atoms with Crippen LogP contribution < -0.4 is 5.32 Å². The monoisotopic (exact) mass is 336 g/mol. The molecular weight excluding hydrogens is 315 g/mol. The molecule has 1 aliphatic heterocycles. The number of rotatable bonds is 3. The Hall–Kier alpha value is -2.53. The average molecular weight is 336 g/mol. The Labute approximate surface area is 146 Å². The molecule has 3 heterocycles. The smallest absolute Gasteiger partial charge is 0.123 e. The largest absolute Gasteiger partial charge is 0.317 e. The highest BCUT2D eigenvalue weighted by molar-refractivity contribution is 5.60. The second kappa shape index (κ2) is 6.41. The van der Waals surface area contributed by atoms with Crippen molar-refractivity contribution in [1.29, 1.82) is 0 Å². The first-order valence-corrected chi connectivity index (χ1v) is 8.62. The van der Waals surface area contributed by atoms with Crippen molar-refractivity contribution in [3.63, 3.8) is 0 Å². The second-order valence-corrected chi connectivity index (χ2v) is 6.59. The van der Waals surface area contributed by atoms with Crippen LogP contribution in [0.25, 0.3) is 11.3 Å². The Balaban J connectivity index is 1.82. The van der Waals surface area contributed by atoms with Crippen molar-refractivity contribution in [3.8, 4) is 11.3 Å². The molecule has 0 saturated carbocycles. The number of nitrogens with zero attached hydrogens (tertiary/aromatic N) is 3. The van der Waals surface area contributed by atoms with Crippen LogP contribution in [0.1, 0.15) is 24.2 Å². The van der Waals surface area contributed by atoms with Crippen LogP contribution in [0.5, 0.6) is 0 Å². The molecule has 25 heavy (non-hydrogen) atoms. The number of benzene rings is 1. The van der Waals surface area contributed by atoms with Gasteiger partial charge in [0.2, 0.25) is 0 Å². The minimum Gasteiger partial charge on any atom is -0.317 e. The summed E-state index contributed by atoms with van der Waals surface area (Å²) in [7, 11) is 1.98. The highest BCUT2D eigenvalue weighted by atomic mass is 19.1. The summed E-state index contributed by atoms with van der Waals surface area (Å²) in [6, 6.07) is 14.7. The zero-order valence-electron chi connectivity index (χ0n) is 14.2. The summed E-state index contributed by atoms with van der Waals surface area (Å²) in [4.78, 5) is 4.67. The van der Waals surface area contributed by atoms with E-state index in [1.165, 1.54) is 12.1 Å². The Morgan fingerprint density at radius 2 is 1.84 bits per heavy atom. The van der Waals surface area contributed by atoms with Gasteiger partial charge in [0.25, 0.3) is 0 Å². The molecular formula is C20H21FN4. The number of aromatic nitrogens is 3. The fourth-order valence-corrected chi connectivity index (χ4v) is 3.82. The number of pyridine rings is 1. The number of hydrogen-bond donors (Lipinski definition) is 1. The minimum absolute atomic E-state index is 0.146. The molecule has 4 rings (SSSR count). The lowest BCUT2D eigenvalue weighted by atomic mass is 9.73. The van der Waals surface area contributed by atoms with E-state index in [2.05, 4.69) is 22.4 Å². The standard InChI is InChI=1S/C20H21FN4/c1-25-19(14-17(24-25)15-5-7-16(21)8-6-15)20(9-12-22-13-10-20)18-4-2-3-11-23-18/h2-8,11,14,22H,9-10,12-13H2,1H3. The van der Waals surface area contributed by atoms with Crippen molar-refractivity contribution in [3.05, 3.63) is 71.9 Å². The van der Waals surface area contributed by atoms with Crippen LogP contribution >= 0.6 is 0 Å². The summed E-state index contributed by atoms with van der Waals surface area (Å²) in [5, 5.41) is 8.15. The van der Waals surface area contributed by atoms with Gasteiger partial charge in [0.1, 0.15) is 5.82 Å². The lowest BCUT2D eigenvalue weighted by Crippen LogP contribution is -2.42. The summed E-state index contributed by atoms with van der Waals surface area (Å²) in [6.45, 7) is 1.90. The summed E-state index contributed by atoms with van der Waals surface area (Å²) < 4.78 is 15.2. The van der Waals surface area contributed by atoms with Crippen molar-refractivity contribution in [2.75, 3.05) is 13.1 Å². The zero-order chi connectivity index (χ0) is 17.3. The normalized spacial score (nSPS) is 16.7. The molecule has 1 fully saturated rings. The number of nitrogens with one attached hydrogen (secondary N) is 1. The third-order valence-electron chi connectivity index (χ3n) is 5.12. The molecule has 0 radical (unpaired) electrons. The molecule has 128 valence electrons. The second-order valence-electron chi connectivity index (χ2n) is 6.59. The molecule has 0 aliphatic carbocycles. The molecule has 0 atom stereocenters. The number of piperidine rings is 1. The Morgan fingerprint density at radius 3 is 2.52 bits per heavy atom. The first-order chi connectivity index (χ1) is 12.2. The molecule has 1 aliphatic rings. The van der Waals surface area contributed by atoms with Crippen LogP contribution in [0.4, 0.5) is 4.39 Å². The Bertz CT molecular complexity index is 849. The van der Waals surface area contributed by atoms with Gasteiger partial charge in [-0.15, -0.1) is 0 Å². The van der Waals surface area contributed by atoms with Gasteiger partial charge in [-0.3, -0.25) is 9.67 Å². The molecule has 3 aromatic rings. The van der Waals surface area contributed by atoms with E-state index < -0.39 is 0 Å². The van der Waals surface area contributed by atoms with Crippen LogP contribution in [-0.4, -0.2) is 27.9 Å². The lowest BCUT2D eigenvalue weighted by Gasteiger charge is -2.37. The molecule has 1 N–H and O–H groups in total. The zero-order valence-corrected chi connectivity index (χ0v) is 14.2. The van der Waals surface area contributed by atoms with E-state index in [0.717, 1.165) is 48.6 Å². The molecule has 2 aromatic heterocycles. The predicted molar refractivity (Wildman–Crippen MR) is 95.7 cm³/mol. The van der Waals surface area contributed by atoms with Gasteiger partial charge in [-0.05, 0) is 68.4 Å². The third-order valence-corrected chi connectivity index (χ3v) is 5.12. The van der Waals surface area contributed by atoms with Gasteiger partial charge in [-0.25, -0.2) is 4.39 Å². The van der Waals surface area contributed by atoms with E-state index in [1.807, 2.05) is 30.1 Å². The van der Waals surface area contributed by atoms with Gasteiger partial charge in [-0.1, -0.05) is 6.07 Å². The number of halogens is 1. The van der Waals surface area contributed by atoms with Gasteiger partial charge in [0, 0.05) is 18.8 Å². The van der Waals surface area contributed by atoms with Gasteiger partial charge in [-0.2, -0.15) is 5.10 Å². The quantitative estimate of drug-likeness (QED) is 0.798. The first-order valence-electron chi connectivity index (χ1n) is 8.62. The molecule has 4 nitrogen and oxygen atoms in total. The molecule has 1 saturated heterocycles. The van der Waals surface area contributed by atoms with Crippen molar-refractivity contribution < 1.29 is 4.39 Å². The summed E-state index contributed by atoms with van der Waals surface area (Å²) in [5.74, 6) is -0.233. The van der Waals surface area contributed by atoms with E-state index in [9.17, 15) is 4.39 Å². The van der Waals surface area contributed by atoms with E-state index in [4.69, 9.17) is 5.10 Å². The maximum Gasteiger partial charge on any atom is 0.123 e. The van der Waals surface area contributed by atoms with Crippen LogP contribution in [0.3, 0.4) is 0 Å². The maximum atomic E-state index is 13.2. The van der Waals surface area contributed by atoms with Gasteiger partial charge < -0.3 is 5.32 Å². The van der Waals surface area contributed by atoms with Crippen molar-refractivity contribution >= 4 is 0 Å². The molecule has 1 aromatic carbocycles. The van der Waals surface area contributed by atoms with Crippen LogP contribution in [0, 0.1) is 5.82 Å². The van der Waals surface area contributed by atoms with Gasteiger partial charge >= 0.3 is 0 Å². The van der Waals surface area contributed by atoms with Crippen LogP contribution in [0.15, 0.2) is 54.7 Å². The Morgan fingerprint density at radius 1 is 1.08 bits per heavy atom. The van der Waals surface area contributed by atoms with E-state index in [0.29, 0.717) is 0 Å². The van der Waals surface area contributed by atoms with Crippen molar-refractivity contribution in [2.45, 2.75) is 18.3 Å². The number of aryl methyl sites for hydroxylation is 1. The molecule has 0 bridgehead atoms. The van der Waals surface area contributed by atoms with Crippen molar-refractivity contribution in [2.24, 2.45) is 7.05 Å². The van der Waals surface area contributed by atoms with E-state index in [1.54, 1.807) is 12.1 Å². The number of hydrogen-bond acceptors (Lipinski definition) is 3. The third kappa shape index (κ3) is 2.85. The van der Waals surface area contributed by atoms with Crippen LogP contribution in [-0.2, 0) is 12.5 Å². The maximum absolute atomic E-state index is 13.2. The van der Waals surface area contributed by atoms with Gasteiger partial charge in [0.05, 0.1) is 22.5 Å². The summed E-state index contributed by atoms with van der Waals surface area (Å²) in [6.07, 6.45) is 3.81. The minimum atomic E-state index is -0.233.